The van der Waals surface area contributed by atoms with Gasteiger partial charge in [-0.25, -0.2) is 9.59 Å². The van der Waals surface area contributed by atoms with Crippen molar-refractivity contribution in [1.29, 1.82) is 0 Å². The zero-order valence-electron chi connectivity index (χ0n) is 17.6. The van der Waals surface area contributed by atoms with Crippen molar-refractivity contribution in [3.05, 3.63) is 63.5 Å². The van der Waals surface area contributed by atoms with E-state index < -0.39 is 22.8 Å². The zero-order valence-corrected chi connectivity index (χ0v) is 17.6. The molecule has 0 amide bonds. The lowest BCUT2D eigenvalue weighted by Crippen LogP contribution is -2.32. The minimum atomic E-state index is -0.848. The van der Waals surface area contributed by atoms with E-state index in [0.717, 1.165) is 12.8 Å². The first-order valence-electron chi connectivity index (χ1n) is 10.3. The molecule has 3 rings (SSSR count). The lowest BCUT2D eigenvalue weighted by molar-refractivity contribution is -0.384. The molecule has 9 nitrogen and oxygen atoms in total. The predicted molar refractivity (Wildman–Crippen MR) is 111 cm³/mol. The molecule has 0 unspecified atom stereocenters. The molecule has 1 fully saturated rings. The SMILES string of the molecule is CCOC(=O)C1=CN(C[C@@H]2CCCO2)C=C(C(=O)OCC)C1c1cccc([N+](=O)[O-])c1. The summed E-state index contributed by atoms with van der Waals surface area (Å²) in [7, 11) is 0. The van der Waals surface area contributed by atoms with Crippen LogP contribution in [0.2, 0.25) is 0 Å². The highest BCUT2D eigenvalue weighted by molar-refractivity contribution is 5.98. The van der Waals surface area contributed by atoms with Crippen LogP contribution < -0.4 is 0 Å². The van der Waals surface area contributed by atoms with Gasteiger partial charge in [0.1, 0.15) is 0 Å². The molecule has 0 aromatic heterocycles. The average molecular weight is 430 g/mol. The first-order valence-corrected chi connectivity index (χ1v) is 10.3. The number of nitrogens with zero attached hydrogens (tertiary/aromatic N) is 2. The fourth-order valence-corrected chi connectivity index (χ4v) is 3.79. The summed E-state index contributed by atoms with van der Waals surface area (Å²) in [4.78, 5) is 38.2. The summed E-state index contributed by atoms with van der Waals surface area (Å²) in [6, 6.07) is 5.89. The van der Waals surface area contributed by atoms with Gasteiger partial charge in [-0.2, -0.15) is 0 Å². The summed E-state index contributed by atoms with van der Waals surface area (Å²) >= 11 is 0. The van der Waals surface area contributed by atoms with Crippen LogP contribution in [-0.2, 0) is 23.8 Å². The van der Waals surface area contributed by atoms with Crippen molar-refractivity contribution >= 4 is 17.6 Å². The van der Waals surface area contributed by atoms with Crippen molar-refractivity contribution in [3.63, 3.8) is 0 Å². The fourth-order valence-electron chi connectivity index (χ4n) is 3.79. The summed E-state index contributed by atoms with van der Waals surface area (Å²) in [6.07, 6.45) is 5.08. The van der Waals surface area contributed by atoms with Gasteiger partial charge in [0.05, 0.1) is 41.3 Å². The van der Waals surface area contributed by atoms with Crippen LogP contribution >= 0.6 is 0 Å². The van der Waals surface area contributed by atoms with E-state index in [2.05, 4.69) is 0 Å². The van der Waals surface area contributed by atoms with Gasteiger partial charge in [0.25, 0.3) is 5.69 Å². The molecule has 0 bridgehead atoms. The highest BCUT2D eigenvalue weighted by Gasteiger charge is 2.36. The van der Waals surface area contributed by atoms with Crippen LogP contribution in [0.3, 0.4) is 0 Å². The molecule has 0 spiro atoms. The maximum atomic E-state index is 12.8. The molecule has 1 saturated heterocycles. The van der Waals surface area contributed by atoms with Crippen molar-refractivity contribution in [3.8, 4) is 0 Å². The van der Waals surface area contributed by atoms with Crippen LogP contribution in [0.15, 0.2) is 47.8 Å². The largest absolute Gasteiger partial charge is 0.463 e. The Bertz CT molecular complexity index is 867. The van der Waals surface area contributed by atoms with Crippen molar-refractivity contribution in [2.75, 3.05) is 26.4 Å². The number of non-ortho nitro benzene ring substituents is 1. The van der Waals surface area contributed by atoms with E-state index in [4.69, 9.17) is 14.2 Å². The second-order valence-electron chi connectivity index (χ2n) is 7.23. The van der Waals surface area contributed by atoms with Crippen LogP contribution in [0.4, 0.5) is 5.69 Å². The summed E-state index contributed by atoms with van der Waals surface area (Å²) in [5.74, 6) is -2.03. The smallest absolute Gasteiger partial charge is 0.336 e. The molecule has 2 aliphatic rings. The Labute approximate surface area is 180 Å². The normalized spacial score (nSPS) is 18.9. The maximum Gasteiger partial charge on any atom is 0.336 e. The fraction of sp³-hybridized carbons (Fsp3) is 0.455. The highest BCUT2D eigenvalue weighted by Crippen LogP contribution is 2.38. The number of ether oxygens (including phenoxy) is 3. The van der Waals surface area contributed by atoms with Gasteiger partial charge < -0.3 is 19.1 Å². The summed E-state index contributed by atoms with van der Waals surface area (Å²) in [5.41, 5.74) is 0.729. The van der Waals surface area contributed by atoms with Gasteiger partial charge in [-0.05, 0) is 32.3 Å². The predicted octanol–water partition coefficient (Wildman–Crippen LogP) is 3.07. The number of carbonyl (C=O) groups is 2. The van der Waals surface area contributed by atoms with Crippen molar-refractivity contribution in [1.82, 2.24) is 4.90 Å². The van der Waals surface area contributed by atoms with E-state index in [-0.39, 0.29) is 36.2 Å². The third-order valence-electron chi connectivity index (χ3n) is 5.11. The molecule has 0 saturated carbocycles. The van der Waals surface area contributed by atoms with E-state index in [1.54, 1.807) is 37.2 Å². The van der Waals surface area contributed by atoms with Crippen LogP contribution in [-0.4, -0.2) is 54.2 Å². The number of nitro benzene ring substituents is 1. The minimum Gasteiger partial charge on any atom is -0.463 e. The molecular formula is C22H26N2O7. The zero-order chi connectivity index (χ0) is 22.4. The van der Waals surface area contributed by atoms with E-state index in [1.165, 1.54) is 18.2 Å². The Morgan fingerprint density at radius 3 is 2.32 bits per heavy atom. The Morgan fingerprint density at radius 1 is 1.16 bits per heavy atom. The third kappa shape index (κ3) is 5.29. The first kappa shape index (κ1) is 22.5. The molecule has 1 aromatic rings. The number of hydrogen-bond donors (Lipinski definition) is 0. The third-order valence-corrected chi connectivity index (χ3v) is 5.11. The molecule has 2 heterocycles. The van der Waals surface area contributed by atoms with Crippen LogP contribution in [0.1, 0.15) is 38.2 Å². The Kier molecular flexibility index (Phi) is 7.41. The minimum absolute atomic E-state index is 0.0197. The van der Waals surface area contributed by atoms with Crippen LogP contribution in [0.25, 0.3) is 0 Å². The molecule has 166 valence electrons. The lowest BCUT2D eigenvalue weighted by Gasteiger charge is -2.31. The number of carbonyl (C=O) groups excluding carboxylic acids is 2. The molecular weight excluding hydrogens is 404 g/mol. The van der Waals surface area contributed by atoms with Gasteiger partial charge in [-0.1, -0.05) is 12.1 Å². The standard InChI is InChI=1S/C22H26N2O7/c1-3-29-21(25)18-13-23(12-17-9-6-10-31-17)14-19(22(26)30-4-2)20(18)15-7-5-8-16(11-15)24(27)28/h5,7-8,11,13-14,17,20H,3-4,6,9-10,12H2,1-2H3/t17-/m0/s1. The number of nitro groups is 1. The molecule has 31 heavy (non-hydrogen) atoms. The highest BCUT2D eigenvalue weighted by atomic mass is 16.6. The molecule has 0 aliphatic carbocycles. The summed E-state index contributed by atoms with van der Waals surface area (Å²) < 4.78 is 16.2. The number of benzene rings is 1. The van der Waals surface area contributed by atoms with Gasteiger partial charge >= 0.3 is 11.9 Å². The van der Waals surface area contributed by atoms with Gasteiger partial charge in [0.15, 0.2) is 0 Å². The van der Waals surface area contributed by atoms with E-state index in [1.807, 2.05) is 0 Å². The second-order valence-corrected chi connectivity index (χ2v) is 7.23. The molecule has 1 aromatic carbocycles. The Balaban J connectivity index is 2.06. The molecule has 0 radical (unpaired) electrons. The van der Waals surface area contributed by atoms with Crippen LogP contribution in [0, 0.1) is 10.1 Å². The molecule has 9 heteroatoms. The van der Waals surface area contributed by atoms with Crippen LogP contribution in [0.5, 0.6) is 0 Å². The maximum absolute atomic E-state index is 12.8. The lowest BCUT2D eigenvalue weighted by atomic mass is 9.83. The van der Waals surface area contributed by atoms with Gasteiger partial charge in [0, 0.05) is 37.7 Å². The number of hydrogen-bond acceptors (Lipinski definition) is 8. The Hall–Kier alpha value is -3.20. The van der Waals surface area contributed by atoms with E-state index >= 15 is 0 Å². The van der Waals surface area contributed by atoms with Crippen molar-refractivity contribution in [2.45, 2.75) is 38.7 Å². The van der Waals surface area contributed by atoms with E-state index in [9.17, 15) is 19.7 Å². The van der Waals surface area contributed by atoms with Crippen molar-refractivity contribution < 1.29 is 28.7 Å². The van der Waals surface area contributed by atoms with E-state index in [0.29, 0.717) is 18.7 Å². The molecule has 0 N–H and O–H groups in total. The van der Waals surface area contributed by atoms with Gasteiger partial charge in [-0.3, -0.25) is 10.1 Å². The second kappa shape index (κ2) is 10.2. The monoisotopic (exact) mass is 430 g/mol. The topological polar surface area (TPSA) is 108 Å². The van der Waals surface area contributed by atoms with Gasteiger partial charge in [-0.15, -0.1) is 0 Å². The average Bonchev–Trinajstić information content (AvgIpc) is 3.26. The van der Waals surface area contributed by atoms with Crippen molar-refractivity contribution in [2.24, 2.45) is 0 Å². The first-order chi connectivity index (χ1) is 14.9. The molecule has 2 aliphatic heterocycles. The van der Waals surface area contributed by atoms with Gasteiger partial charge in [0.2, 0.25) is 0 Å². The molecule has 1 atom stereocenters. The summed E-state index contributed by atoms with van der Waals surface area (Å²) in [5, 5.41) is 11.3. The number of rotatable bonds is 8. The summed E-state index contributed by atoms with van der Waals surface area (Å²) in [6.45, 7) is 4.83. The number of esters is 2. The Morgan fingerprint density at radius 2 is 1.81 bits per heavy atom. The quantitative estimate of drug-likeness (QED) is 0.352.